The molecule has 0 fully saturated rings. The van der Waals surface area contributed by atoms with Gasteiger partial charge in [-0.3, -0.25) is 0 Å². The molecule has 0 saturated heterocycles. The molecule has 3 atom stereocenters. The van der Waals surface area contributed by atoms with E-state index in [-0.39, 0.29) is 30.5 Å². The Balaban J connectivity index is 1.94. The van der Waals surface area contributed by atoms with E-state index in [1.54, 1.807) is 6.07 Å². The van der Waals surface area contributed by atoms with Crippen LogP contribution in [0.5, 0.6) is 5.75 Å². The number of likely N-dealkylation sites (N-methyl/N-ethyl adjacent to an activating group) is 1. The number of aliphatic hydroxyl groups excluding tert-OH is 1. The van der Waals surface area contributed by atoms with E-state index in [1.165, 1.54) is 6.07 Å². The maximum atomic E-state index is 13.2. The topological polar surface area (TPSA) is 74.7 Å². The molecule has 1 aliphatic rings. The Bertz CT molecular complexity index is 884. The Kier molecular flexibility index (Phi) is 7.57. The van der Waals surface area contributed by atoms with E-state index in [0.717, 1.165) is 17.4 Å². The standard InChI is InChI=1S/C21H25BFIN3O3/c1-12(2)19-21(29)26-15(11-28)8-13-4-6-16(9-18(13)27(19)3)30-20(24-22)17-7-5-14(23)10-25-17/h4-7,9-10,12,15,19-20,28H,8,11H2,1-3H3,(H,26,29)/q-1/t15-,19-,20?/m0/s1. The summed E-state index contributed by atoms with van der Waals surface area (Å²) in [4.78, 5) is 18.8. The number of ether oxygens (including phenoxy) is 1. The molecule has 2 aromatic rings. The molecule has 6 nitrogen and oxygen atoms in total. The molecule has 0 spiro atoms. The van der Waals surface area contributed by atoms with Crippen LogP contribution >= 0.6 is 0 Å². The normalized spacial score (nSPS) is 20.3. The van der Waals surface area contributed by atoms with Crippen molar-refractivity contribution in [1.82, 2.24) is 10.3 Å². The Morgan fingerprint density at radius 2 is 2.17 bits per heavy atom. The third-order valence-corrected chi connectivity index (χ3v) is 6.67. The van der Waals surface area contributed by atoms with Gasteiger partial charge in [-0.05, 0) is 0 Å². The summed E-state index contributed by atoms with van der Waals surface area (Å²) in [5, 5.41) is 12.6. The Hall–Kier alpha value is -1.88. The fourth-order valence-electron chi connectivity index (χ4n) is 3.70. The zero-order chi connectivity index (χ0) is 21.8. The number of hydrogen-bond donors (Lipinski definition) is 2. The monoisotopic (exact) mass is 524 g/mol. The predicted octanol–water partition coefficient (Wildman–Crippen LogP) is -1.04. The third kappa shape index (κ3) is 5.05. The van der Waals surface area contributed by atoms with Crippen LogP contribution in [0.3, 0.4) is 0 Å². The second-order valence-corrected chi connectivity index (χ2v) is 9.49. The second-order valence-electron chi connectivity index (χ2n) is 7.64. The van der Waals surface area contributed by atoms with E-state index in [2.05, 4.69) is 10.3 Å². The van der Waals surface area contributed by atoms with Crippen LogP contribution in [0, 0.1) is 11.7 Å². The van der Waals surface area contributed by atoms with Gasteiger partial charge in [0, 0.05) is 0 Å². The fourth-order valence-corrected chi connectivity index (χ4v) is 4.88. The van der Waals surface area contributed by atoms with Gasteiger partial charge >= 0.3 is 188 Å². The molecule has 3 rings (SSSR count). The average molecular weight is 524 g/mol. The van der Waals surface area contributed by atoms with Gasteiger partial charge in [0.1, 0.15) is 0 Å². The molecular weight excluding hydrogens is 499 g/mol. The summed E-state index contributed by atoms with van der Waals surface area (Å²) >= 11 is -0.861. The molecule has 9 heteroatoms. The van der Waals surface area contributed by atoms with E-state index in [9.17, 15) is 14.3 Å². The first-order chi connectivity index (χ1) is 14.3. The van der Waals surface area contributed by atoms with Crippen molar-refractivity contribution < 1.29 is 40.0 Å². The number of aromatic nitrogens is 1. The fraction of sp³-hybridized carbons (Fsp3) is 0.429. The number of halogens is 2. The van der Waals surface area contributed by atoms with Gasteiger partial charge in [-0.1, -0.05) is 0 Å². The minimum atomic E-state index is -0.861. The zero-order valence-electron chi connectivity index (χ0n) is 17.2. The first-order valence-corrected chi connectivity index (χ1v) is 12.2. The summed E-state index contributed by atoms with van der Waals surface area (Å²) < 4.78 is 18.9. The maximum absolute atomic E-state index is 13.2. The van der Waals surface area contributed by atoms with Crippen LogP contribution in [0.2, 0.25) is 0 Å². The van der Waals surface area contributed by atoms with Crippen molar-refractivity contribution in [2.24, 2.45) is 5.92 Å². The van der Waals surface area contributed by atoms with Crippen molar-refractivity contribution in [3.63, 3.8) is 0 Å². The van der Waals surface area contributed by atoms with Crippen LogP contribution in [-0.2, 0) is 11.2 Å². The number of rotatable bonds is 6. The number of alkyl halides is 1. The number of anilines is 1. The van der Waals surface area contributed by atoms with Crippen LogP contribution < -0.4 is 35.9 Å². The number of pyridine rings is 1. The van der Waals surface area contributed by atoms with Crippen LogP contribution in [-0.4, -0.2) is 47.4 Å². The molecule has 1 aromatic heterocycles. The Morgan fingerprint density at radius 3 is 2.77 bits per heavy atom. The van der Waals surface area contributed by atoms with Crippen LogP contribution in [0.25, 0.3) is 0 Å². The predicted molar refractivity (Wildman–Crippen MR) is 110 cm³/mol. The summed E-state index contributed by atoms with van der Waals surface area (Å²) in [6, 6.07) is 7.89. The van der Waals surface area contributed by atoms with Gasteiger partial charge in [0.25, 0.3) is 0 Å². The second kappa shape index (κ2) is 9.95. The number of aliphatic hydroxyl groups is 1. The van der Waals surface area contributed by atoms with Crippen LogP contribution in [0.15, 0.2) is 36.5 Å². The van der Waals surface area contributed by atoms with Gasteiger partial charge < -0.3 is 0 Å². The van der Waals surface area contributed by atoms with E-state index in [1.807, 2.05) is 44.0 Å². The number of benzene rings is 1. The quantitative estimate of drug-likeness (QED) is 0.288. The van der Waals surface area contributed by atoms with Gasteiger partial charge in [0.05, 0.1) is 0 Å². The molecule has 2 N–H and O–H groups in total. The van der Waals surface area contributed by atoms with Crippen molar-refractivity contribution >= 4 is 17.3 Å². The summed E-state index contributed by atoms with van der Waals surface area (Å²) in [7, 11) is 1.89. The summed E-state index contributed by atoms with van der Waals surface area (Å²) in [6.45, 7) is 3.85. The molecular formula is C21H25BFIN3O3-. The van der Waals surface area contributed by atoms with Gasteiger partial charge in [0.15, 0.2) is 0 Å². The van der Waals surface area contributed by atoms with Gasteiger partial charge in [0.2, 0.25) is 0 Å². The molecule has 1 amide bonds. The molecule has 1 aliphatic heterocycles. The molecule has 1 aromatic carbocycles. The average Bonchev–Trinajstić information content (AvgIpc) is 2.71. The van der Waals surface area contributed by atoms with Gasteiger partial charge in [-0.15, -0.1) is 0 Å². The molecule has 0 aliphatic carbocycles. The number of nitrogens with one attached hydrogen (secondary N) is 1. The summed E-state index contributed by atoms with van der Waals surface area (Å²) in [5.41, 5.74) is 8.45. The molecule has 2 radical (unpaired) electrons. The molecule has 0 saturated carbocycles. The van der Waals surface area contributed by atoms with Crippen LogP contribution in [0.4, 0.5) is 10.1 Å². The molecule has 2 heterocycles. The van der Waals surface area contributed by atoms with Crippen molar-refractivity contribution in [3.8, 4) is 5.75 Å². The van der Waals surface area contributed by atoms with Crippen LogP contribution in [0.1, 0.15) is 29.2 Å². The van der Waals surface area contributed by atoms with Gasteiger partial charge in [-0.2, -0.15) is 0 Å². The number of hydrogen-bond acceptors (Lipinski definition) is 5. The van der Waals surface area contributed by atoms with Gasteiger partial charge in [-0.25, -0.2) is 0 Å². The first kappa shape index (κ1) is 22.8. The minimum absolute atomic E-state index is 0.0657. The Morgan fingerprint density at radius 1 is 1.40 bits per heavy atom. The summed E-state index contributed by atoms with van der Waals surface area (Å²) in [6.07, 6.45) is 1.67. The van der Waals surface area contributed by atoms with Crippen molar-refractivity contribution in [3.05, 3.63) is 53.6 Å². The van der Waals surface area contributed by atoms with E-state index < -0.39 is 30.9 Å². The van der Waals surface area contributed by atoms with Crippen molar-refractivity contribution in [2.75, 3.05) is 18.6 Å². The zero-order valence-corrected chi connectivity index (χ0v) is 19.3. The number of carbonyl (C=O) groups is 1. The SMILES string of the molecule is [B][I-]C(Oc1ccc2c(c1)N(C)[C@@H](C(C)C)C(=O)N[C@H](CO)C2)c1ccc(F)cn1. The van der Waals surface area contributed by atoms with Crippen molar-refractivity contribution in [2.45, 2.75) is 36.5 Å². The Labute approximate surface area is 187 Å². The van der Waals surface area contributed by atoms with E-state index in [0.29, 0.717) is 17.9 Å². The molecule has 0 bridgehead atoms. The first-order valence-electron chi connectivity index (χ1n) is 9.71. The number of fused-ring (bicyclic) bond motifs is 1. The third-order valence-electron chi connectivity index (χ3n) is 5.12. The van der Waals surface area contributed by atoms with Crippen molar-refractivity contribution in [1.29, 1.82) is 0 Å². The van der Waals surface area contributed by atoms with E-state index >= 15 is 0 Å². The van der Waals surface area contributed by atoms with E-state index in [4.69, 9.17) is 10.4 Å². The molecule has 160 valence electrons. The number of carbonyl (C=O) groups excluding carboxylic acids is 1. The molecule has 30 heavy (non-hydrogen) atoms. The molecule has 1 unspecified atom stereocenters. The summed E-state index contributed by atoms with van der Waals surface area (Å²) in [5.74, 6) is 0.151. The number of amides is 1. The number of nitrogens with zero attached hydrogens (tertiary/aromatic N) is 2.